The molecule has 0 bridgehead atoms. The normalized spacial score (nSPS) is 15.2. The van der Waals surface area contributed by atoms with E-state index in [9.17, 15) is 14.9 Å². The maximum absolute atomic E-state index is 12.3. The van der Waals surface area contributed by atoms with Gasteiger partial charge < -0.3 is 4.90 Å². The van der Waals surface area contributed by atoms with Gasteiger partial charge in [0.25, 0.3) is 5.91 Å². The van der Waals surface area contributed by atoms with Crippen molar-refractivity contribution in [2.24, 2.45) is 0 Å². The van der Waals surface area contributed by atoms with Gasteiger partial charge in [-0.1, -0.05) is 27.3 Å². The van der Waals surface area contributed by atoms with Crippen molar-refractivity contribution >= 4 is 38.2 Å². The molecule has 0 unspecified atom stereocenters. The molecular weight excluding hydrogens is 320 g/mol. The quantitative estimate of drug-likeness (QED) is 0.473. The molecule has 1 aromatic rings. The molecule has 0 spiro atoms. The van der Waals surface area contributed by atoms with Crippen molar-refractivity contribution in [2.45, 2.75) is 25.3 Å². The highest BCUT2D eigenvalue weighted by atomic mass is 79.9. The molecule has 7 heteroatoms. The van der Waals surface area contributed by atoms with E-state index < -0.39 is 4.92 Å². The number of thiophene rings is 1. The summed E-state index contributed by atoms with van der Waals surface area (Å²) in [6, 6.07) is 3.24. The van der Waals surface area contributed by atoms with E-state index >= 15 is 0 Å². The van der Waals surface area contributed by atoms with E-state index in [1.54, 1.807) is 6.07 Å². The Morgan fingerprint density at radius 3 is 2.72 bits per heavy atom. The second-order valence-corrected chi connectivity index (χ2v) is 6.02. The van der Waals surface area contributed by atoms with Gasteiger partial charge in [0.1, 0.15) is 0 Å². The number of halogens is 1. The van der Waals surface area contributed by atoms with Crippen molar-refractivity contribution in [1.82, 2.24) is 4.90 Å². The molecule has 5 nitrogen and oxygen atoms in total. The summed E-state index contributed by atoms with van der Waals surface area (Å²) in [7, 11) is 0. The Labute approximate surface area is 117 Å². The van der Waals surface area contributed by atoms with Crippen molar-refractivity contribution in [3.05, 3.63) is 27.1 Å². The molecule has 0 saturated heterocycles. The first kappa shape index (κ1) is 13.5. The summed E-state index contributed by atoms with van der Waals surface area (Å²) in [6.45, 7) is 0.648. The van der Waals surface area contributed by atoms with Gasteiger partial charge in [-0.15, -0.1) is 0 Å². The Kier molecular flexibility index (Phi) is 4.34. The van der Waals surface area contributed by atoms with Crippen LogP contribution in [0.15, 0.2) is 12.1 Å². The van der Waals surface area contributed by atoms with Crippen molar-refractivity contribution in [3.8, 4) is 0 Å². The minimum Gasteiger partial charge on any atom is -0.334 e. The topological polar surface area (TPSA) is 63.4 Å². The molecule has 1 fully saturated rings. The maximum Gasteiger partial charge on any atom is 0.324 e. The van der Waals surface area contributed by atoms with Gasteiger partial charge in [0.05, 0.1) is 9.80 Å². The van der Waals surface area contributed by atoms with Crippen molar-refractivity contribution in [3.63, 3.8) is 0 Å². The molecule has 1 aromatic heterocycles. The van der Waals surface area contributed by atoms with E-state index in [1.165, 1.54) is 6.07 Å². The second kappa shape index (κ2) is 5.79. The number of amides is 1. The zero-order valence-corrected chi connectivity index (χ0v) is 12.1. The Morgan fingerprint density at radius 1 is 1.56 bits per heavy atom. The molecule has 1 heterocycles. The minimum absolute atomic E-state index is 0.0192. The van der Waals surface area contributed by atoms with E-state index in [0.717, 1.165) is 35.9 Å². The third kappa shape index (κ3) is 2.72. The zero-order valence-electron chi connectivity index (χ0n) is 9.67. The third-order valence-corrected chi connectivity index (χ3v) is 4.46. The van der Waals surface area contributed by atoms with Crippen LogP contribution in [-0.4, -0.2) is 33.6 Å². The lowest BCUT2D eigenvalue weighted by Crippen LogP contribution is -2.44. The molecule has 0 radical (unpaired) electrons. The second-order valence-electron chi connectivity index (χ2n) is 4.17. The van der Waals surface area contributed by atoms with Crippen LogP contribution < -0.4 is 0 Å². The van der Waals surface area contributed by atoms with Gasteiger partial charge in [-0.25, -0.2) is 0 Å². The largest absolute Gasteiger partial charge is 0.334 e. The molecule has 0 atom stereocenters. The lowest BCUT2D eigenvalue weighted by atomic mass is 9.91. The van der Waals surface area contributed by atoms with Crippen LogP contribution in [0.4, 0.5) is 5.00 Å². The fourth-order valence-electron chi connectivity index (χ4n) is 1.92. The molecule has 0 aromatic carbocycles. The monoisotopic (exact) mass is 332 g/mol. The summed E-state index contributed by atoms with van der Waals surface area (Å²) < 4.78 is 0. The molecule has 1 aliphatic carbocycles. The van der Waals surface area contributed by atoms with E-state index in [2.05, 4.69) is 15.9 Å². The van der Waals surface area contributed by atoms with Gasteiger partial charge in [-0.2, -0.15) is 0 Å². The standard InChI is InChI=1S/C11H13BrN2O3S/c12-6-7-13(8-2-1-3-8)11(15)9-4-5-10(18-9)14(16)17/h4-5,8H,1-3,6-7H2. The van der Waals surface area contributed by atoms with Crippen LogP contribution in [0.3, 0.4) is 0 Å². The maximum atomic E-state index is 12.3. The van der Waals surface area contributed by atoms with E-state index in [1.807, 2.05) is 4.90 Å². The van der Waals surface area contributed by atoms with Crippen LogP contribution in [0.25, 0.3) is 0 Å². The summed E-state index contributed by atoms with van der Waals surface area (Å²) in [5, 5.41) is 11.4. The molecule has 1 amide bonds. The molecular formula is C11H13BrN2O3S. The number of carbonyl (C=O) groups is 1. The summed E-state index contributed by atoms with van der Waals surface area (Å²) >= 11 is 4.29. The van der Waals surface area contributed by atoms with Gasteiger partial charge in [0.2, 0.25) is 0 Å². The number of hydrogen-bond acceptors (Lipinski definition) is 4. The molecule has 1 aliphatic rings. The summed E-state index contributed by atoms with van der Waals surface area (Å²) in [4.78, 5) is 24.7. The average Bonchev–Trinajstić information content (AvgIpc) is 2.74. The van der Waals surface area contributed by atoms with E-state index in [4.69, 9.17) is 0 Å². The number of nitro groups is 1. The SMILES string of the molecule is O=C(c1ccc([N+](=O)[O-])s1)N(CCBr)C1CCC1. The number of alkyl halides is 1. The van der Waals surface area contributed by atoms with Crippen LogP contribution >= 0.6 is 27.3 Å². The number of hydrogen-bond donors (Lipinski definition) is 0. The average molecular weight is 333 g/mol. The summed E-state index contributed by atoms with van der Waals surface area (Å²) in [5.74, 6) is -0.0859. The third-order valence-electron chi connectivity index (χ3n) is 3.08. The first-order chi connectivity index (χ1) is 8.63. The Bertz CT molecular complexity index is 459. The number of rotatable bonds is 5. The van der Waals surface area contributed by atoms with Crippen LogP contribution in [0.1, 0.15) is 28.9 Å². The lowest BCUT2D eigenvalue weighted by molar-refractivity contribution is -0.380. The van der Waals surface area contributed by atoms with E-state index in [-0.39, 0.29) is 10.9 Å². The van der Waals surface area contributed by atoms with Gasteiger partial charge in [-0.05, 0) is 25.3 Å². The highest BCUT2D eigenvalue weighted by Crippen LogP contribution is 2.30. The van der Waals surface area contributed by atoms with Crippen LogP contribution in [0.5, 0.6) is 0 Å². The highest BCUT2D eigenvalue weighted by molar-refractivity contribution is 9.09. The first-order valence-corrected chi connectivity index (χ1v) is 7.68. The van der Waals surface area contributed by atoms with Crippen LogP contribution in [0, 0.1) is 10.1 Å². The van der Waals surface area contributed by atoms with Crippen LogP contribution in [0.2, 0.25) is 0 Å². The molecule has 1 saturated carbocycles. The van der Waals surface area contributed by atoms with Gasteiger partial charge in [-0.3, -0.25) is 14.9 Å². The molecule has 0 aliphatic heterocycles. The number of nitrogens with zero attached hydrogens (tertiary/aromatic N) is 2. The van der Waals surface area contributed by atoms with Gasteiger partial charge in [0.15, 0.2) is 0 Å². The fraction of sp³-hybridized carbons (Fsp3) is 0.545. The number of carbonyl (C=O) groups excluding carboxylic acids is 1. The summed E-state index contributed by atoms with van der Waals surface area (Å²) in [6.07, 6.45) is 3.22. The highest BCUT2D eigenvalue weighted by Gasteiger charge is 2.30. The van der Waals surface area contributed by atoms with Crippen molar-refractivity contribution in [2.75, 3.05) is 11.9 Å². The molecule has 98 valence electrons. The van der Waals surface area contributed by atoms with Gasteiger partial charge in [0, 0.05) is 24.0 Å². The smallest absolute Gasteiger partial charge is 0.324 e. The van der Waals surface area contributed by atoms with Crippen molar-refractivity contribution in [1.29, 1.82) is 0 Å². The molecule has 18 heavy (non-hydrogen) atoms. The van der Waals surface area contributed by atoms with Crippen molar-refractivity contribution < 1.29 is 9.72 Å². The van der Waals surface area contributed by atoms with E-state index in [0.29, 0.717) is 17.5 Å². The zero-order chi connectivity index (χ0) is 13.1. The fourth-order valence-corrected chi connectivity index (χ4v) is 3.08. The van der Waals surface area contributed by atoms with Crippen LogP contribution in [-0.2, 0) is 0 Å². The summed E-state index contributed by atoms with van der Waals surface area (Å²) in [5.41, 5.74) is 0. The Hall–Kier alpha value is -0.950. The molecule has 0 N–H and O–H groups in total. The Balaban J connectivity index is 2.13. The molecule has 2 rings (SSSR count). The predicted octanol–water partition coefficient (Wildman–Crippen LogP) is 3.05. The lowest BCUT2D eigenvalue weighted by Gasteiger charge is -2.37. The Morgan fingerprint density at radius 2 is 2.28 bits per heavy atom. The minimum atomic E-state index is -0.459. The van der Waals surface area contributed by atoms with Gasteiger partial charge >= 0.3 is 5.00 Å². The predicted molar refractivity (Wildman–Crippen MR) is 73.4 cm³/mol. The first-order valence-electron chi connectivity index (χ1n) is 5.74.